The van der Waals surface area contributed by atoms with Crippen LogP contribution in [0.2, 0.25) is 0 Å². The molecule has 2 amide bonds. The van der Waals surface area contributed by atoms with E-state index >= 15 is 0 Å². The van der Waals surface area contributed by atoms with E-state index in [9.17, 15) is 9.59 Å². The summed E-state index contributed by atoms with van der Waals surface area (Å²) in [5.74, 6) is -0.00166. The van der Waals surface area contributed by atoms with Crippen LogP contribution in [0.1, 0.15) is 12.5 Å². The first-order valence-electron chi connectivity index (χ1n) is 5.49. The normalized spacial score (nSPS) is 10.8. The van der Waals surface area contributed by atoms with E-state index in [4.69, 9.17) is 15.2 Å². The average molecular weight is 264 g/mol. The molecule has 1 rings (SSSR count). The summed E-state index contributed by atoms with van der Waals surface area (Å²) in [5, 5.41) is 2.37. The Labute approximate surface area is 111 Å². The van der Waals surface area contributed by atoms with Crippen LogP contribution in [-0.2, 0) is 9.59 Å². The van der Waals surface area contributed by atoms with E-state index in [-0.39, 0.29) is 11.6 Å². The number of rotatable bonds is 5. The van der Waals surface area contributed by atoms with Gasteiger partial charge in [-0.2, -0.15) is 0 Å². The van der Waals surface area contributed by atoms with Crippen molar-refractivity contribution < 1.29 is 19.1 Å². The Balaban J connectivity index is 3.14. The van der Waals surface area contributed by atoms with Crippen molar-refractivity contribution >= 4 is 17.9 Å². The number of carbonyl (C=O) groups is 2. The Bertz CT molecular complexity index is 523. The summed E-state index contributed by atoms with van der Waals surface area (Å²) in [6, 6.07) is 5.08. The van der Waals surface area contributed by atoms with Crippen LogP contribution in [0.5, 0.6) is 11.5 Å². The Morgan fingerprint density at radius 3 is 2.32 bits per heavy atom. The molecule has 0 spiro atoms. The second-order valence-corrected chi connectivity index (χ2v) is 3.72. The molecule has 0 heterocycles. The summed E-state index contributed by atoms with van der Waals surface area (Å²) in [4.78, 5) is 22.2. The predicted molar refractivity (Wildman–Crippen MR) is 70.5 cm³/mol. The van der Waals surface area contributed by atoms with Crippen LogP contribution in [0, 0.1) is 0 Å². The van der Waals surface area contributed by atoms with E-state index in [0.29, 0.717) is 17.1 Å². The highest BCUT2D eigenvalue weighted by Gasteiger charge is 2.08. The Kier molecular flexibility index (Phi) is 4.93. The van der Waals surface area contributed by atoms with E-state index in [1.54, 1.807) is 18.2 Å². The van der Waals surface area contributed by atoms with Crippen molar-refractivity contribution in [2.24, 2.45) is 5.73 Å². The summed E-state index contributed by atoms with van der Waals surface area (Å²) >= 11 is 0. The first-order chi connectivity index (χ1) is 8.97. The van der Waals surface area contributed by atoms with Gasteiger partial charge in [-0.15, -0.1) is 0 Å². The molecule has 0 bridgehead atoms. The van der Waals surface area contributed by atoms with Gasteiger partial charge in [0.15, 0.2) is 11.5 Å². The van der Waals surface area contributed by atoms with Gasteiger partial charge in [-0.25, -0.2) is 0 Å². The lowest BCUT2D eigenvalue weighted by Gasteiger charge is -2.09. The zero-order valence-corrected chi connectivity index (χ0v) is 11.0. The molecule has 0 aliphatic carbocycles. The molecule has 1 aromatic carbocycles. The molecule has 19 heavy (non-hydrogen) atoms. The van der Waals surface area contributed by atoms with Gasteiger partial charge in [-0.3, -0.25) is 9.59 Å². The van der Waals surface area contributed by atoms with E-state index < -0.39 is 5.91 Å². The van der Waals surface area contributed by atoms with Crippen molar-refractivity contribution in [3.8, 4) is 11.5 Å². The van der Waals surface area contributed by atoms with Crippen LogP contribution in [0.4, 0.5) is 0 Å². The molecular formula is C13H16N2O4. The van der Waals surface area contributed by atoms with Gasteiger partial charge in [0.05, 0.1) is 14.2 Å². The number of ether oxygens (including phenoxy) is 2. The zero-order chi connectivity index (χ0) is 14.4. The molecule has 102 valence electrons. The maximum atomic E-state index is 11.2. The van der Waals surface area contributed by atoms with Gasteiger partial charge in [0.2, 0.25) is 5.91 Å². The minimum absolute atomic E-state index is 0.0136. The molecule has 1 aromatic rings. The van der Waals surface area contributed by atoms with E-state index in [1.165, 1.54) is 27.2 Å². The van der Waals surface area contributed by atoms with Crippen LogP contribution in [0.15, 0.2) is 23.9 Å². The molecule has 0 saturated carbocycles. The number of benzene rings is 1. The largest absolute Gasteiger partial charge is 0.493 e. The molecule has 0 unspecified atom stereocenters. The lowest BCUT2D eigenvalue weighted by atomic mass is 10.1. The fourth-order valence-electron chi connectivity index (χ4n) is 1.47. The highest BCUT2D eigenvalue weighted by molar-refractivity contribution is 5.99. The molecule has 0 aliphatic heterocycles. The maximum absolute atomic E-state index is 11.2. The highest BCUT2D eigenvalue weighted by Crippen LogP contribution is 2.28. The van der Waals surface area contributed by atoms with Gasteiger partial charge < -0.3 is 20.5 Å². The van der Waals surface area contributed by atoms with Crippen LogP contribution in [-0.4, -0.2) is 26.0 Å². The molecule has 0 atom stereocenters. The molecule has 0 aromatic heterocycles. The third-order valence-corrected chi connectivity index (χ3v) is 2.29. The molecular weight excluding hydrogens is 248 g/mol. The van der Waals surface area contributed by atoms with Gasteiger partial charge in [-0.1, -0.05) is 6.07 Å². The molecule has 3 N–H and O–H groups in total. The third-order valence-electron chi connectivity index (χ3n) is 2.29. The first kappa shape index (κ1) is 14.6. The third kappa shape index (κ3) is 4.02. The van der Waals surface area contributed by atoms with Crippen molar-refractivity contribution in [2.75, 3.05) is 14.2 Å². The van der Waals surface area contributed by atoms with Crippen LogP contribution in [0.3, 0.4) is 0 Å². The van der Waals surface area contributed by atoms with Gasteiger partial charge >= 0.3 is 0 Å². The number of nitrogens with two attached hydrogens (primary N) is 1. The fraction of sp³-hybridized carbons (Fsp3) is 0.231. The van der Waals surface area contributed by atoms with Crippen molar-refractivity contribution in [1.29, 1.82) is 0 Å². The highest BCUT2D eigenvalue weighted by atomic mass is 16.5. The number of amides is 2. The zero-order valence-electron chi connectivity index (χ0n) is 11.0. The average Bonchev–Trinajstić information content (AvgIpc) is 2.37. The summed E-state index contributed by atoms with van der Waals surface area (Å²) in [6.07, 6.45) is 1.46. The van der Waals surface area contributed by atoms with E-state index in [0.717, 1.165) is 0 Å². The smallest absolute Gasteiger partial charge is 0.265 e. The number of primary amides is 1. The number of carbonyl (C=O) groups excluding carboxylic acids is 2. The van der Waals surface area contributed by atoms with E-state index in [2.05, 4.69) is 5.32 Å². The van der Waals surface area contributed by atoms with Gasteiger partial charge in [0, 0.05) is 6.92 Å². The number of nitrogens with one attached hydrogen (secondary N) is 1. The predicted octanol–water partition coefficient (Wildman–Crippen LogP) is 0.666. The standard InChI is InChI=1S/C13H16N2O4/c1-8(16)15-10(13(14)17)6-9-4-5-11(18-2)12(7-9)19-3/h4-7H,1-3H3,(H2,14,17)(H,15,16)/b10-6-. The summed E-state index contributed by atoms with van der Waals surface area (Å²) in [6.45, 7) is 1.30. The summed E-state index contributed by atoms with van der Waals surface area (Å²) < 4.78 is 10.2. The quantitative estimate of drug-likeness (QED) is 0.764. The van der Waals surface area contributed by atoms with Crippen LogP contribution in [0.25, 0.3) is 6.08 Å². The summed E-state index contributed by atoms with van der Waals surface area (Å²) in [7, 11) is 3.04. The second-order valence-electron chi connectivity index (χ2n) is 3.72. The van der Waals surface area contributed by atoms with Crippen LogP contribution < -0.4 is 20.5 Å². The number of hydrogen-bond acceptors (Lipinski definition) is 4. The summed E-state index contributed by atoms with van der Waals surface area (Å²) in [5.41, 5.74) is 5.85. The first-order valence-corrected chi connectivity index (χ1v) is 5.49. The topological polar surface area (TPSA) is 90.6 Å². The molecule has 0 aliphatic rings. The van der Waals surface area contributed by atoms with Crippen molar-refractivity contribution in [3.05, 3.63) is 29.5 Å². The van der Waals surface area contributed by atoms with Gasteiger partial charge in [-0.05, 0) is 23.8 Å². The Hall–Kier alpha value is -2.50. The molecule has 0 radical (unpaired) electrons. The molecule has 0 saturated heterocycles. The Morgan fingerprint density at radius 1 is 1.21 bits per heavy atom. The maximum Gasteiger partial charge on any atom is 0.265 e. The number of methoxy groups -OCH3 is 2. The minimum atomic E-state index is -0.718. The Morgan fingerprint density at radius 2 is 1.84 bits per heavy atom. The van der Waals surface area contributed by atoms with E-state index in [1.807, 2.05) is 0 Å². The van der Waals surface area contributed by atoms with Crippen LogP contribution >= 0.6 is 0 Å². The number of hydrogen-bond donors (Lipinski definition) is 2. The molecule has 6 heteroatoms. The van der Waals surface area contributed by atoms with Crippen molar-refractivity contribution in [2.45, 2.75) is 6.92 Å². The SMILES string of the molecule is COc1ccc(/C=C(\NC(C)=O)C(N)=O)cc1OC. The fourth-order valence-corrected chi connectivity index (χ4v) is 1.47. The molecule has 0 fully saturated rings. The van der Waals surface area contributed by atoms with Gasteiger partial charge in [0.1, 0.15) is 5.70 Å². The van der Waals surface area contributed by atoms with Gasteiger partial charge in [0.25, 0.3) is 5.91 Å². The monoisotopic (exact) mass is 264 g/mol. The lowest BCUT2D eigenvalue weighted by Crippen LogP contribution is -2.29. The second kappa shape index (κ2) is 6.44. The minimum Gasteiger partial charge on any atom is -0.493 e. The lowest BCUT2D eigenvalue weighted by molar-refractivity contribution is -0.121. The van der Waals surface area contributed by atoms with Crippen molar-refractivity contribution in [1.82, 2.24) is 5.32 Å². The molecule has 6 nitrogen and oxygen atoms in total. The van der Waals surface area contributed by atoms with Crippen molar-refractivity contribution in [3.63, 3.8) is 0 Å².